The third-order valence-corrected chi connectivity index (χ3v) is 5.52. The van der Waals surface area contributed by atoms with Crippen molar-refractivity contribution in [2.75, 3.05) is 19.6 Å². The van der Waals surface area contributed by atoms with E-state index in [2.05, 4.69) is 26.4 Å². The Kier molecular flexibility index (Phi) is 6.62. The van der Waals surface area contributed by atoms with Gasteiger partial charge in [-0.2, -0.15) is 5.10 Å². The number of hydrogen-bond donors (Lipinski definition) is 1. The van der Waals surface area contributed by atoms with Gasteiger partial charge < -0.3 is 5.32 Å². The van der Waals surface area contributed by atoms with E-state index >= 15 is 0 Å². The van der Waals surface area contributed by atoms with Crippen LogP contribution < -0.4 is 5.32 Å². The van der Waals surface area contributed by atoms with Crippen molar-refractivity contribution in [2.24, 2.45) is 5.92 Å². The van der Waals surface area contributed by atoms with Crippen LogP contribution in [0.3, 0.4) is 0 Å². The molecule has 1 N–H and O–H groups in total. The van der Waals surface area contributed by atoms with E-state index in [-0.39, 0.29) is 11.9 Å². The van der Waals surface area contributed by atoms with Gasteiger partial charge in [-0.3, -0.25) is 14.4 Å². The van der Waals surface area contributed by atoms with E-state index in [4.69, 9.17) is 0 Å². The first kappa shape index (κ1) is 18.1. The molecule has 0 spiro atoms. The lowest BCUT2D eigenvalue weighted by molar-refractivity contribution is -0.126. The number of nitrogens with zero attached hydrogens (tertiary/aromatic N) is 4. The Bertz CT molecular complexity index is 568. The first-order valence-electron chi connectivity index (χ1n) is 9.74. The smallest absolute Gasteiger partial charge is 0.237 e. The second-order valence-corrected chi connectivity index (χ2v) is 7.45. The average Bonchev–Trinajstić information content (AvgIpc) is 3.15. The number of carbonyl (C=O) groups excluding carboxylic acids is 1. The van der Waals surface area contributed by atoms with Crippen LogP contribution in [0.4, 0.5) is 0 Å². The van der Waals surface area contributed by atoms with E-state index in [0.717, 1.165) is 39.0 Å². The quantitative estimate of drug-likeness (QED) is 0.771. The SMILES string of the molecule is C[C@@H](C(=O)NCCC1=CCCCC1)N1CCC[C@@H](Cn2cncn2)C1. The van der Waals surface area contributed by atoms with E-state index in [9.17, 15) is 4.79 Å². The van der Waals surface area contributed by atoms with Crippen molar-refractivity contribution in [1.29, 1.82) is 0 Å². The van der Waals surface area contributed by atoms with Crippen LogP contribution in [0.1, 0.15) is 51.9 Å². The second kappa shape index (κ2) is 9.13. The topological polar surface area (TPSA) is 63.1 Å². The number of allylic oxidation sites excluding steroid dienone is 1. The number of likely N-dealkylation sites (tertiary alicyclic amines) is 1. The van der Waals surface area contributed by atoms with Gasteiger partial charge in [0.2, 0.25) is 5.91 Å². The monoisotopic (exact) mass is 345 g/mol. The zero-order valence-electron chi connectivity index (χ0n) is 15.4. The molecule has 1 aliphatic heterocycles. The number of nitrogens with one attached hydrogen (secondary N) is 1. The van der Waals surface area contributed by atoms with Crippen LogP contribution in [0.2, 0.25) is 0 Å². The van der Waals surface area contributed by atoms with Gasteiger partial charge in [-0.15, -0.1) is 0 Å². The molecule has 1 aromatic heterocycles. The summed E-state index contributed by atoms with van der Waals surface area (Å²) in [5, 5.41) is 7.34. The molecular weight excluding hydrogens is 314 g/mol. The Hall–Kier alpha value is -1.69. The highest BCUT2D eigenvalue weighted by molar-refractivity contribution is 5.81. The van der Waals surface area contributed by atoms with E-state index in [1.54, 1.807) is 12.7 Å². The van der Waals surface area contributed by atoms with E-state index in [1.165, 1.54) is 37.7 Å². The summed E-state index contributed by atoms with van der Waals surface area (Å²) in [4.78, 5) is 18.8. The molecule has 25 heavy (non-hydrogen) atoms. The first-order chi connectivity index (χ1) is 12.2. The van der Waals surface area contributed by atoms with Crippen LogP contribution in [-0.4, -0.2) is 51.2 Å². The van der Waals surface area contributed by atoms with Crippen molar-refractivity contribution >= 4 is 5.91 Å². The zero-order valence-corrected chi connectivity index (χ0v) is 15.4. The Morgan fingerprint density at radius 1 is 1.40 bits per heavy atom. The van der Waals surface area contributed by atoms with Crippen LogP contribution in [-0.2, 0) is 11.3 Å². The normalized spacial score (nSPS) is 23.1. The summed E-state index contributed by atoms with van der Waals surface area (Å²) in [6.07, 6.45) is 14.1. The molecule has 6 nitrogen and oxygen atoms in total. The molecule has 0 bridgehead atoms. The lowest BCUT2D eigenvalue weighted by Crippen LogP contribution is -2.49. The van der Waals surface area contributed by atoms with Gasteiger partial charge in [0, 0.05) is 19.6 Å². The largest absolute Gasteiger partial charge is 0.354 e. The predicted molar refractivity (Wildman–Crippen MR) is 98.0 cm³/mol. The third-order valence-electron chi connectivity index (χ3n) is 5.52. The van der Waals surface area contributed by atoms with Crippen molar-refractivity contribution in [3.05, 3.63) is 24.3 Å². The second-order valence-electron chi connectivity index (χ2n) is 7.45. The summed E-state index contributed by atoms with van der Waals surface area (Å²) in [6, 6.07) is -0.0566. The standard InChI is InChI=1S/C19H31N5O/c1-16(19(25)21-10-9-17-6-3-2-4-7-17)23-11-5-8-18(12-23)13-24-15-20-14-22-24/h6,14-16,18H,2-5,7-13H2,1H3,(H,21,25)/t16-,18+/m0/s1. The Labute approximate surface area is 150 Å². The van der Waals surface area contributed by atoms with Gasteiger partial charge in [-0.25, -0.2) is 4.98 Å². The zero-order chi connectivity index (χ0) is 17.5. The van der Waals surface area contributed by atoms with E-state index < -0.39 is 0 Å². The molecule has 1 aromatic rings. The minimum absolute atomic E-state index is 0.0566. The number of hydrogen-bond acceptors (Lipinski definition) is 4. The molecule has 1 amide bonds. The van der Waals surface area contributed by atoms with E-state index in [1.807, 2.05) is 11.6 Å². The van der Waals surface area contributed by atoms with Gasteiger partial charge in [0.05, 0.1) is 6.04 Å². The van der Waals surface area contributed by atoms with Crippen molar-refractivity contribution in [2.45, 2.75) is 64.5 Å². The molecule has 2 atom stereocenters. The molecule has 3 rings (SSSR count). The lowest BCUT2D eigenvalue weighted by atomic mass is 9.96. The van der Waals surface area contributed by atoms with Crippen molar-refractivity contribution in [3.8, 4) is 0 Å². The number of carbonyl (C=O) groups is 1. The number of amides is 1. The van der Waals surface area contributed by atoms with Crippen molar-refractivity contribution < 1.29 is 4.79 Å². The van der Waals surface area contributed by atoms with E-state index in [0.29, 0.717) is 5.92 Å². The first-order valence-corrected chi connectivity index (χ1v) is 9.74. The Balaban J connectivity index is 1.42. The molecule has 138 valence electrons. The molecule has 2 heterocycles. The fraction of sp³-hybridized carbons (Fsp3) is 0.737. The van der Waals surface area contributed by atoms with Crippen molar-refractivity contribution in [3.63, 3.8) is 0 Å². The lowest BCUT2D eigenvalue weighted by Gasteiger charge is -2.36. The average molecular weight is 345 g/mol. The van der Waals surface area contributed by atoms with Crippen LogP contribution >= 0.6 is 0 Å². The summed E-state index contributed by atoms with van der Waals surface area (Å²) in [6.45, 7) is 5.66. The molecule has 1 fully saturated rings. The van der Waals surface area contributed by atoms with Gasteiger partial charge in [-0.05, 0) is 64.3 Å². The Morgan fingerprint density at radius 2 is 2.32 bits per heavy atom. The van der Waals surface area contributed by atoms with Crippen LogP contribution in [0, 0.1) is 5.92 Å². The van der Waals surface area contributed by atoms with Gasteiger partial charge in [0.15, 0.2) is 0 Å². The molecule has 1 aliphatic carbocycles. The molecule has 2 aliphatic rings. The summed E-state index contributed by atoms with van der Waals surface area (Å²) < 4.78 is 1.90. The third kappa shape index (κ3) is 5.39. The van der Waals surface area contributed by atoms with Gasteiger partial charge >= 0.3 is 0 Å². The van der Waals surface area contributed by atoms with Gasteiger partial charge in [0.1, 0.15) is 12.7 Å². The number of aromatic nitrogens is 3. The Morgan fingerprint density at radius 3 is 3.08 bits per heavy atom. The maximum Gasteiger partial charge on any atom is 0.237 e. The molecule has 0 saturated carbocycles. The summed E-state index contributed by atoms with van der Waals surface area (Å²) >= 11 is 0. The highest BCUT2D eigenvalue weighted by Crippen LogP contribution is 2.21. The summed E-state index contributed by atoms with van der Waals surface area (Å²) in [7, 11) is 0. The highest BCUT2D eigenvalue weighted by atomic mass is 16.2. The maximum atomic E-state index is 12.5. The molecule has 1 saturated heterocycles. The minimum atomic E-state index is -0.0566. The van der Waals surface area contributed by atoms with Gasteiger partial charge in [0.25, 0.3) is 0 Å². The van der Waals surface area contributed by atoms with Gasteiger partial charge in [-0.1, -0.05) is 11.6 Å². The fourth-order valence-electron chi connectivity index (χ4n) is 3.98. The minimum Gasteiger partial charge on any atom is -0.354 e. The fourth-order valence-corrected chi connectivity index (χ4v) is 3.98. The van der Waals surface area contributed by atoms with Crippen LogP contribution in [0.25, 0.3) is 0 Å². The maximum absolute atomic E-state index is 12.5. The molecule has 6 heteroatoms. The van der Waals surface area contributed by atoms with Crippen LogP contribution in [0.15, 0.2) is 24.3 Å². The van der Waals surface area contributed by atoms with Crippen molar-refractivity contribution in [1.82, 2.24) is 25.0 Å². The molecule has 0 unspecified atom stereocenters. The number of piperidine rings is 1. The molecular formula is C19H31N5O. The molecule has 0 aromatic carbocycles. The predicted octanol–water partition coefficient (Wildman–Crippen LogP) is 2.39. The summed E-state index contributed by atoms with van der Waals surface area (Å²) in [5.74, 6) is 0.705. The van der Waals surface area contributed by atoms with Crippen LogP contribution in [0.5, 0.6) is 0 Å². The molecule has 0 radical (unpaired) electrons. The highest BCUT2D eigenvalue weighted by Gasteiger charge is 2.27. The summed E-state index contributed by atoms with van der Waals surface area (Å²) in [5.41, 5.74) is 1.52. The number of rotatable bonds is 7.